The fourth-order valence-corrected chi connectivity index (χ4v) is 8.23. The number of pyridine rings is 1. The molecule has 4 heterocycles. The number of para-hydroxylation sites is 2. The van der Waals surface area contributed by atoms with E-state index in [0.29, 0.717) is 28.4 Å². The Hall–Kier alpha value is -6.39. The SMILES string of the molecule is [2H]C([2H])([2H])c1cc(-n2c3[c-]c(Oc4[c-]c(N5C=CN(c6cc(C(C)(C)C)cc(C(C)(C)C)c6)[CH-]5)ccc4)ccc3c3c2c2ccccc2n3-c2ccccc2)ncc1-c1ccccc1.[Pd]. The van der Waals surface area contributed by atoms with Crippen LogP contribution >= 0.6 is 0 Å². The van der Waals surface area contributed by atoms with Crippen LogP contribution in [0.25, 0.3) is 55.5 Å². The summed E-state index contributed by atoms with van der Waals surface area (Å²) in [6, 6.07) is 53.6. The Bertz CT molecular complexity index is 3220. The predicted molar refractivity (Wildman–Crippen MR) is 252 cm³/mol. The summed E-state index contributed by atoms with van der Waals surface area (Å²) in [5, 5.41) is 1.90. The summed E-state index contributed by atoms with van der Waals surface area (Å²) in [5.41, 5.74) is 10.6. The first-order valence-electron chi connectivity index (χ1n) is 22.2. The van der Waals surface area contributed by atoms with E-state index in [4.69, 9.17) is 13.8 Å². The van der Waals surface area contributed by atoms with Gasteiger partial charge in [0.25, 0.3) is 0 Å². The average Bonchev–Trinajstić information content (AvgIpc) is 3.99. The Morgan fingerprint density at radius 1 is 0.613 bits per heavy atom. The van der Waals surface area contributed by atoms with E-state index in [0.717, 1.165) is 49.9 Å². The van der Waals surface area contributed by atoms with Gasteiger partial charge in [0.15, 0.2) is 0 Å². The summed E-state index contributed by atoms with van der Waals surface area (Å²) in [6.45, 7) is 13.2. The molecule has 9 aromatic rings. The Kier molecular flexibility index (Phi) is 9.54. The van der Waals surface area contributed by atoms with Gasteiger partial charge in [0.2, 0.25) is 0 Å². The smallest absolute Gasteiger partial charge is 0.135 e. The van der Waals surface area contributed by atoms with Gasteiger partial charge < -0.3 is 23.7 Å². The minimum atomic E-state index is -2.41. The van der Waals surface area contributed by atoms with Crippen LogP contribution in [0.2, 0.25) is 0 Å². The van der Waals surface area contributed by atoms with Crippen molar-refractivity contribution in [2.75, 3.05) is 9.80 Å². The van der Waals surface area contributed by atoms with Crippen molar-refractivity contribution in [3.05, 3.63) is 194 Å². The zero-order valence-electron chi connectivity index (χ0n) is 38.5. The maximum absolute atomic E-state index is 8.66. The first-order valence-corrected chi connectivity index (χ1v) is 20.7. The van der Waals surface area contributed by atoms with Gasteiger partial charge in [0.1, 0.15) is 5.82 Å². The van der Waals surface area contributed by atoms with Gasteiger partial charge in [-0.1, -0.05) is 125 Å². The maximum Gasteiger partial charge on any atom is 0.135 e. The molecule has 1 aliphatic rings. The molecule has 0 N–H and O–H groups in total. The molecule has 0 aliphatic carbocycles. The second kappa shape index (κ2) is 15.8. The minimum absolute atomic E-state index is 0. The van der Waals surface area contributed by atoms with Crippen molar-refractivity contribution in [1.82, 2.24) is 14.1 Å². The van der Waals surface area contributed by atoms with Gasteiger partial charge in [-0.2, -0.15) is 12.1 Å². The van der Waals surface area contributed by atoms with Crippen LogP contribution in [0.1, 0.15) is 62.3 Å². The van der Waals surface area contributed by atoms with Crippen LogP contribution in [0.5, 0.6) is 11.5 Å². The third-order valence-electron chi connectivity index (χ3n) is 11.5. The van der Waals surface area contributed by atoms with Crippen molar-refractivity contribution >= 4 is 44.2 Å². The monoisotopic (exact) mass is 903 g/mol. The van der Waals surface area contributed by atoms with Gasteiger partial charge in [0, 0.05) is 70.1 Å². The van der Waals surface area contributed by atoms with Crippen molar-refractivity contribution in [3.8, 4) is 34.1 Å². The van der Waals surface area contributed by atoms with Crippen LogP contribution in [0.15, 0.2) is 158 Å². The van der Waals surface area contributed by atoms with E-state index in [-0.39, 0.29) is 36.8 Å². The number of aryl methyl sites for hydroxylation is 1. The van der Waals surface area contributed by atoms with Crippen LogP contribution in [-0.2, 0) is 31.3 Å². The molecule has 0 bridgehead atoms. The van der Waals surface area contributed by atoms with Crippen LogP contribution in [0.4, 0.5) is 11.4 Å². The van der Waals surface area contributed by atoms with E-state index in [1.165, 1.54) is 11.1 Å². The molecule has 1 aliphatic heterocycles. The quantitative estimate of drug-likeness (QED) is 0.118. The van der Waals surface area contributed by atoms with Crippen molar-refractivity contribution < 1.29 is 29.3 Å². The predicted octanol–water partition coefficient (Wildman–Crippen LogP) is 14.0. The Balaban J connectivity index is 0.00000533. The summed E-state index contributed by atoms with van der Waals surface area (Å²) in [6.07, 6.45) is 5.78. The minimum Gasteiger partial charge on any atom is -0.509 e. The number of hydrogen-bond acceptors (Lipinski definition) is 4. The van der Waals surface area contributed by atoms with Crippen LogP contribution < -0.4 is 14.5 Å². The van der Waals surface area contributed by atoms with Crippen molar-refractivity contribution in [3.63, 3.8) is 0 Å². The summed E-state index contributed by atoms with van der Waals surface area (Å²) in [7, 11) is 0. The molecule has 10 rings (SSSR count). The number of anilines is 2. The van der Waals surface area contributed by atoms with Crippen LogP contribution in [0, 0.1) is 25.7 Å². The molecular weight excluding hydrogens is 853 g/mol. The number of rotatable bonds is 7. The van der Waals surface area contributed by atoms with Gasteiger partial charge in [0.05, 0.1) is 11.0 Å². The Morgan fingerprint density at radius 3 is 2.00 bits per heavy atom. The second-order valence-electron chi connectivity index (χ2n) is 17.8. The van der Waals surface area contributed by atoms with Crippen molar-refractivity contribution in [1.29, 1.82) is 0 Å². The second-order valence-corrected chi connectivity index (χ2v) is 17.8. The number of benzene rings is 6. The van der Waals surface area contributed by atoms with Crippen LogP contribution in [0.3, 0.4) is 0 Å². The number of fused-ring (bicyclic) bond motifs is 5. The van der Waals surface area contributed by atoms with E-state index in [2.05, 4.69) is 125 Å². The molecule has 7 heteroatoms. The standard InChI is InChI=1S/C55H48N5O.Pd/c1-37-29-51(56-35-48(37)38-17-10-8-11-18-38)60-50-34-45(25-26-47(50)52-53(60)46-23-14-15-24-49(46)59(52)41-19-12-9-13-20-41)61-44-22-16-21-42(33-44)57-27-28-58(36-57)43-31-39(54(2,3)4)30-40(32-43)55(5,6)7;/h8-32,35-36H,1-7H3;/q-3;/i1D3;. The molecule has 0 unspecified atom stereocenters. The maximum atomic E-state index is 8.66. The zero-order valence-corrected chi connectivity index (χ0v) is 37.1. The number of aromatic nitrogens is 3. The Morgan fingerprint density at radius 2 is 1.27 bits per heavy atom. The summed E-state index contributed by atoms with van der Waals surface area (Å²) >= 11 is 0. The third-order valence-corrected chi connectivity index (χ3v) is 11.5. The van der Waals surface area contributed by atoms with Gasteiger partial charge in [-0.05, 0) is 88.7 Å². The molecule has 0 radical (unpaired) electrons. The van der Waals surface area contributed by atoms with E-state index < -0.39 is 6.85 Å². The van der Waals surface area contributed by atoms with Crippen molar-refractivity contribution in [2.24, 2.45) is 0 Å². The molecule has 0 fully saturated rings. The zero-order chi connectivity index (χ0) is 44.5. The average molecular weight is 904 g/mol. The van der Waals surface area contributed by atoms with Gasteiger partial charge in [-0.3, -0.25) is 0 Å². The normalized spacial score (nSPS) is 14.0. The molecule has 0 spiro atoms. The Labute approximate surface area is 382 Å². The van der Waals surface area contributed by atoms with E-state index >= 15 is 0 Å². The molecule has 0 saturated heterocycles. The van der Waals surface area contributed by atoms with Crippen LogP contribution in [-0.4, -0.2) is 14.1 Å². The number of ether oxygens (including phenoxy) is 1. The van der Waals surface area contributed by atoms with Gasteiger partial charge in [-0.15, -0.1) is 42.7 Å². The topological polar surface area (TPSA) is 38.5 Å². The molecule has 312 valence electrons. The number of nitrogens with zero attached hydrogens (tertiary/aromatic N) is 5. The number of hydrogen-bond donors (Lipinski definition) is 0. The fraction of sp³-hybridized carbons (Fsp3) is 0.164. The largest absolute Gasteiger partial charge is 0.509 e. The van der Waals surface area contributed by atoms with E-state index in [1.807, 2.05) is 101 Å². The molecule has 0 saturated carbocycles. The summed E-state index contributed by atoms with van der Waals surface area (Å²) < 4.78 is 36.9. The molecule has 6 aromatic carbocycles. The molecular formula is C55H48N5OPd-3. The summed E-state index contributed by atoms with van der Waals surface area (Å²) in [4.78, 5) is 9.20. The fourth-order valence-electron chi connectivity index (χ4n) is 8.23. The molecule has 6 nitrogen and oxygen atoms in total. The molecule has 62 heavy (non-hydrogen) atoms. The van der Waals surface area contributed by atoms with E-state index in [9.17, 15) is 0 Å². The van der Waals surface area contributed by atoms with Crippen molar-refractivity contribution in [2.45, 2.75) is 59.2 Å². The first-order chi connectivity index (χ1) is 30.6. The van der Waals surface area contributed by atoms with Gasteiger partial charge >= 0.3 is 0 Å². The molecule has 0 amide bonds. The van der Waals surface area contributed by atoms with Gasteiger partial charge in [-0.25, -0.2) is 4.98 Å². The third kappa shape index (κ3) is 7.40. The summed E-state index contributed by atoms with van der Waals surface area (Å²) in [5.74, 6) is 1.47. The molecule has 3 aromatic heterocycles. The first kappa shape index (κ1) is 37.4. The van der Waals surface area contributed by atoms with E-state index in [1.54, 1.807) is 12.3 Å². The molecule has 0 atom stereocenters.